The molecule has 0 bridgehead atoms. The van der Waals surface area contributed by atoms with E-state index in [2.05, 4.69) is 17.2 Å². The molecule has 3 heteroatoms. The quantitative estimate of drug-likeness (QED) is 0.729. The molecule has 0 fully saturated rings. The number of pyridine rings is 1. The van der Waals surface area contributed by atoms with Gasteiger partial charge in [0.1, 0.15) is 0 Å². The molecule has 0 unspecified atom stereocenters. The second-order valence-corrected chi connectivity index (χ2v) is 3.80. The van der Waals surface area contributed by atoms with Crippen LogP contribution in [-0.2, 0) is 0 Å². The minimum atomic E-state index is 0.159. The van der Waals surface area contributed by atoms with Gasteiger partial charge in [0.25, 0.3) is 0 Å². The van der Waals surface area contributed by atoms with Crippen LogP contribution in [0, 0.1) is 0 Å². The van der Waals surface area contributed by atoms with Crippen LogP contribution in [-0.4, -0.2) is 17.6 Å². The molecule has 0 aliphatic rings. The maximum Gasteiger partial charge on any atom is 0.237 e. The number of aromatic nitrogens is 1. The van der Waals surface area contributed by atoms with Gasteiger partial charge in [0.2, 0.25) is 5.88 Å². The van der Waals surface area contributed by atoms with E-state index in [9.17, 15) is 0 Å². The zero-order valence-electron chi connectivity index (χ0n) is 9.79. The van der Waals surface area contributed by atoms with Crippen LogP contribution in [0.2, 0.25) is 0 Å². The minimum absolute atomic E-state index is 0.159. The number of rotatable bonds is 6. The molecule has 15 heavy (non-hydrogen) atoms. The van der Waals surface area contributed by atoms with Crippen LogP contribution in [0.15, 0.2) is 18.3 Å². The van der Waals surface area contributed by atoms with Crippen molar-refractivity contribution >= 4 is 5.69 Å². The fraction of sp³-hybridized carbons (Fsp3) is 0.583. The second kappa shape index (κ2) is 6.27. The highest BCUT2D eigenvalue weighted by atomic mass is 16.5. The highest BCUT2D eigenvalue weighted by Gasteiger charge is 2.05. The van der Waals surface area contributed by atoms with Crippen molar-refractivity contribution in [3.63, 3.8) is 0 Å². The van der Waals surface area contributed by atoms with Crippen molar-refractivity contribution in [1.29, 1.82) is 0 Å². The minimum Gasteiger partial charge on any atom is -0.473 e. The fourth-order valence-electron chi connectivity index (χ4n) is 1.24. The first kappa shape index (κ1) is 11.8. The number of nitrogens with one attached hydrogen (secondary N) is 1. The van der Waals surface area contributed by atoms with Gasteiger partial charge in [-0.05, 0) is 32.4 Å². The van der Waals surface area contributed by atoms with E-state index in [1.165, 1.54) is 6.42 Å². The third-order valence-corrected chi connectivity index (χ3v) is 1.96. The van der Waals surface area contributed by atoms with Crippen LogP contribution in [0.5, 0.6) is 5.88 Å². The van der Waals surface area contributed by atoms with Crippen molar-refractivity contribution in [2.75, 3.05) is 11.9 Å². The summed E-state index contributed by atoms with van der Waals surface area (Å²) in [6, 6.07) is 3.92. The third kappa shape index (κ3) is 4.19. The molecule has 0 aliphatic carbocycles. The van der Waals surface area contributed by atoms with E-state index in [4.69, 9.17) is 4.74 Å². The van der Waals surface area contributed by atoms with Crippen molar-refractivity contribution in [1.82, 2.24) is 4.98 Å². The predicted octanol–water partition coefficient (Wildman–Crippen LogP) is 3.08. The SMILES string of the molecule is CCCCNc1cccnc1OC(C)C. The number of nitrogens with zero attached hydrogens (tertiary/aromatic N) is 1. The molecule has 0 saturated heterocycles. The van der Waals surface area contributed by atoms with Gasteiger partial charge in [-0.25, -0.2) is 4.98 Å². The summed E-state index contributed by atoms with van der Waals surface area (Å²) in [4.78, 5) is 4.21. The van der Waals surface area contributed by atoms with Gasteiger partial charge in [-0.1, -0.05) is 13.3 Å². The molecule has 1 aromatic heterocycles. The smallest absolute Gasteiger partial charge is 0.237 e. The lowest BCUT2D eigenvalue weighted by Crippen LogP contribution is -2.10. The number of unbranched alkanes of at least 4 members (excludes halogenated alkanes) is 1. The van der Waals surface area contributed by atoms with Crippen LogP contribution >= 0.6 is 0 Å². The monoisotopic (exact) mass is 208 g/mol. The van der Waals surface area contributed by atoms with E-state index in [1.54, 1.807) is 6.20 Å². The van der Waals surface area contributed by atoms with Gasteiger partial charge in [-0.2, -0.15) is 0 Å². The Morgan fingerprint density at radius 2 is 2.27 bits per heavy atom. The van der Waals surface area contributed by atoms with Gasteiger partial charge < -0.3 is 10.1 Å². The highest BCUT2D eigenvalue weighted by Crippen LogP contribution is 2.21. The number of ether oxygens (including phenoxy) is 1. The molecule has 1 rings (SSSR count). The maximum absolute atomic E-state index is 5.60. The Balaban J connectivity index is 2.60. The summed E-state index contributed by atoms with van der Waals surface area (Å²) in [5.41, 5.74) is 0.986. The Kier molecular flexibility index (Phi) is 4.95. The van der Waals surface area contributed by atoms with Crippen LogP contribution in [0.25, 0.3) is 0 Å². The van der Waals surface area contributed by atoms with E-state index in [0.29, 0.717) is 5.88 Å². The topological polar surface area (TPSA) is 34.2 Å². The number of anilines is 1. The normalized spacial score (nSPS) is 10.4. The maximum atomic E-state index is 5.60. The molecule has 0 spiro atoms. The molecule has 0 amide bonds. The molecule has 1 N–H and O–H groups in total. The Morgan fingerprint density at radius 3 is 2.93 bits per heavy atom. The van der Waals surface area contributed by atoms with Gasteiger partial charge in [-0.15, -0.1) is 0 Å². The number of hydrogen-bond donors (Lipinski definition) is 1. The number of hydrogen-bond acceptors (Lipinski definition) is 3. The average molecular weight is 208 g/mol. The summed E-state index contributed by atoms with van der Waals surface area (Å²) in [6.45, 7) is 7.15. The van der Waals surface area contributed by atoms with Gasteiger partial charge in [0, 0.05) is 12.7 Å². The molecule has 0 aromatic carbocycles. The Hall–Kier alpha value is -1.25. The van der Waals surface area contributed by atoms with Crippen LogP contribution in [0.3, 0.4) is 0 Å². The molecular formula is C12H20N2O. The molecule has 0 radical (unpaired) electrons. The van der Waals surface area contributed by atoms with Crippen LogP contribution in [0.4, 0.5) is 5.69 Å². The molecule has 1 aromatic rings. The van der Waals surface area contributed by atoms with Gasteiger partial charge in [0.05, 0.1) is 11.8 Å². The van der Waals surface area contributed by atoms with E-state index < -0.39 is 0 Å². The summed E-state index contributed by atoms with van der Waals surface area (Å²) < 4.78 is 5.60. The second-order valence-electron chi connectivity index (χ2n) is 3.80. The van der Waals surface area contributed by atoms with Crippen molar-refractivity contribution < 1.29 is 4.74 Å². The molecule has 0 saturated carbocycles. The molecule has 1 heterocycles. The van der Waals surface area contributed by atoms with Gasteiger partial charge >= 0.3 is 0 Å². The zero-order chi connectivity index (χ0) is 11.1. The first-order chi connectivity index (χ1) is 7.24. The summed E-state index contributed by atoms with van der Waals surface area (Å²) >= 11 is 0. The molecular weight excluding hydrogens is 188 g/mol. The zero-order valence-corrected chi connectivity index (χ0v) is 9.79. The standard InChI is InChI=1S/C12H20N2O/c1-4-5-8-13-11-7-6-9-14-12(11)15-10(2)3/h6-7,9-10,13H,4-5,8H2,1-3H3. The van der Waals surface area contributed by atoms with Crippen LogP contribution in [0.1, 0.15) is 33.6 Å². The Bertz CT molecular complexity index is 287. The fourth-order valence-corrected chi connectivity index (χ4v) is 1.24. The van der Waals surface area contributed by atoms with Crippen molar-refractivity contribution in [3.8, 4) is 5.88 Å². The molecule has 0 aliphatic heterocycles. The average Bonchev–Trinajstić information content (AvgIpc) is 2.20. The highest BCUT2D eigenvalue weighted by molar-refractivity contribution is 5.51. The van der Waals surface area contributed by atoms with Crippen LogP contribution < -0.4 is 10.1 Å². The van der Waals surface area contributed by atoms with Crippen molar-refractivity contribution in [2.45, 2.75) is 39.7 Å². The van der Waals surface area contributed by atoms with E-state index >= 15 is 0 Å². The Labute approximate surface area is 91.9 Å². The van der Waals surface area contributed by atoms with Gasteiger partial charge in [0.15, 0.2) is 0 Å². The largest absolute Gasteiger partial charge is 0.473 e. The first-order valence-electron chi connectivity index (χ1n) is 5.59. The summed E-state index contributed by atoms with van der Waals surface area (Å²) in [7, 11) is 0. The van der Waals surface area contributed by atoms with Crippen molar-refractivity contribution in [3.05, 3.63) is 18.3 Å². The third-order valence-electron chi connectivity index (χ3n) is 1.96. The Morgan fingerprint density at radius 1 is 1.47 bits per heavy atom. The predicted molar refractivity (Wildman–Crippen MR) is 63.4 cm³/mol. The van der Waals surface area contributed by atoms with Crippen molar-refractivity contribution in [2.24, 2.45) is 0 Å². The first-order valence-corrected chi connectivity index (χ1v) is 5.59. The van der Waals surface area contributed by atoms with Gasteiger partial charge in [-0.3, -0.25) is 0 Å². The lowest BCUT2D eigenvalue weighted by molar-refractivity contribution is 0.234. The summed E-state index contributed by atoms with van der Waals surface area (Å²) in [6.07, 6.45) is 4.26. The van der Waals surface area contributed by atoms with E-state index in [-0.39, 0.29) is 6.10 Å². The summed E-state index contributed by atoms with van der Waals surface area (Å²) in [5.74, 6) is 0.698. The van der Waals surface area contributed by atoms with E-state index in [0.717, 1.165) is 18.7 Å². The van der Waals surface area contributed by atoms with E-state index in [1.807, 2.05) is 26.0 Å². The lowest BCUT2D eigenvalue weighted by Gasteiger charge is -2.13. The molecule has 84 valence electrons. The molecule has 3 nitrogen and oxygen atoms in total. The molecule has 0 atom stereocenters. The summed E-state index contributed by atoms with van der Waals surface area (Å²) in [5, 5.41) is 3.33. The lowest BCUT2D eigenvalue weighted by atomic mass is 10.3.